The average Bonchev–Trinajstić information content (AvgIpc) is 2.91. The summed E-state index contributed by atoms with van der Waals surface area (Å²) in [6, 6.07) is 6.54. The summed E-state index contributed by atoms with van der Waals surface area (Å²) in [5.74, 6) is -0.924. The van der Waals surface area contributed by atoms with E-state index in [2.05, 4.69) is 0 Å². The summed E-state index contributed by atoms with van der Waals surface area (Å²) in [6.07, 6.45) is 2.52. The fourth-order valence-electron chi connectivity index (χ4n) is 1.85. The summed E-state index contributed by atoms with van der Waals surface area (Å²) in [4.78, 5) is 22.1. The van der Waals surface area contributed by atoms with Gasteiger partial charge in [-0.05, 0) is 30.4 Å². The maximum absolute atomic E-state index is 12.2. The van der Waals surface area contributed by atoms with Crippen LogP contribution < -0.4 is 5.11 Å². The molecule has 7 nitrogen and oxygen atoms in total. The van der Waals surface area contributed by atoms with Gasteiger partial charge in [0.2, 0.25) is 5.78 Å². The van der Waals surface area contributed by atoms with Crippen LogP contribution >= 0.6 is 0 Å². The second kappa shape index (κ2) is 5.93. The normalized spacial score (nSPS) is 11.0. The number of aryl methyl sites for hydroxylation is 1. The van der Waals surface area contributed by atoms with Crippen molar-refractivity contribution in [3.63, 3.8) is 0 Å². The summed E-state index contributed by atoms with van der Waals surface area (Å²) < 4.78 is 5.01. The standard InChI is InChI=1S/C15H10N2O5/c1-9-12(4-5-22-9)15(19)11(8-16)6-10-2-3-14(18)13(7-10)17(20)21/h2-7,18H,1H3/p-1/b11-6+. The molecular weight excluding hydrogens is 288 g/mol. The molecule has 0 aliphatic carbocycles. The third kappa shape index (κ3) is 2.86. The van der Waals surface area contributed by atoms with E-state index in [-0.39, 0.29) is 16.7 Å². The molecule has 0 unspecified atom stereocenters. The Morgan fingerprint density at radius 2 is 2.14 bits per heavy atom. The Morgan fingerprint density at radius 1 is 1.41 bits per heavy atom. The van der Waals surface area contributed by atoms with Crippen LogP contribution in [0.3, 0.4) is 0 Å². The van der Waals surface area contributed by atoms with Gasteiger partial charge in [0.1, 0.15) is 17.4 Å². The highest BCUT2D eigenvalue weighted by atomic mass is 16.6. The van der Waals surface area contributed by atoms with Crippen molar-refractivity contribution in [3.8, 4) is 11.8 Å². The summed E-state index contributed by atoms with van der Waals surface area (Å²) in [6.45, 7) is 1.58. The minimum absolute atomic E-state index is 0.211. The minimum Gasteiger partial charge on any atom is -0.868 e. The Balaban J connectivity index is 2.44. The van der Waals surface area contributed by atoms with Crippen molar-refractivity contribution in [1.29, 1.82) is 5.26 Å². The van der Waals surface area contributed by atoms with Crippen molar-refractivity contribution >= 4 is 17.5 Å². The van der Waals surface area contributed by atoms with Gasteiger partial charge in [-0.3, -0.25) is 14.9 Å². The van der Waals surface area contributed by atoms with Crippen molar-refractivity contribution in [1.82, 2.24) is 0 Å². The number of hydrogen-bond donors (Lipinski definition) is 0. The molecule has 1 aromatic carbocycles. The van der Waals surface area contributed by atoms with Gasteiger partial charge in [0.05, 0.1) is 16.7 Å². The van der Waals surface area contributed by atoms with Gasteiger partial charge in [0.25, 0.3) is 5.69 Å². The molecule has 0 aliphatic heterocycles. The quantitative estimate of drug-likeness (QED) is 0.281. The Kier molecular flexibility index (Phi) is 4.04. The van der Waals surface area contributed by atoms with Gasteiger partial charge in [-0.15, -0.1) is 0 Å². The number of rotatable bonds is 4. The van der Waals surface area contributed by atoms with Crippen molar-refractivity contribution in [2.45, 2.75) is 6.92 Å². The van der Waals surface area contributed by atoms with Gasteiger partial charge in [0.15, 0.2) is 0 Å². The summed E-state index contributed by atoms with van der Waals surface area (Å²) >= 11 is 0. The maximum atomic E-state index is 12.2. The van der Waals surface area contributed by atoms with E-state index in [0.717, 1.165) is 12.1 Å². The first-order valence-corrected chi connectivity index (χ1v) is 6.10. The lowest BCUT2D eigenvalue weighted by Gasteiger charge is -2.06. The number of benzene rings is 1. The molecule has 1 aromatic heterocycles. The van der Waals surface area contributed by atoms with E-state index in [9.17, 15) is 20.0 Å². The molecule has 110 valence electrons. The lowest BCUT2D eigenvalue weighted by atomic mass is 10.0. The first-order chi connectivity index (χ1) is 10.4. The van der Waals surface area contributed by atoms with Crippen LogP contribution in [0.2, 0.25) is 0 Å². The van der Waals surface area contributed by atoms with Gasteiger partial charge in [-0.25, -0.2) is 0 Å². The Labute approximate surface area is 124 Å². The number of ketones is 1. The third-order valence-corrected chi connectivity index (χ3v) is 2.96. The van der Waals surface area contributed by atoms with Crippen LogP contribution in [0.5, 0.6) is 5.75 Å². The number of allylic oxidation sites excluding steroid dienone is 1. The number of Topliss-reactive ketones (excluding diaryl/α,β-unsaturated/α-hetero) is 1. The first-order valence-electron chi connectivity index (χ1n) is 6.10. The van der Waals surface area contributed by atoms with Crippen molar-refractivity contribution < 1.29 is 19.2 Å². The number of hydrogen-bond acceptors (Lipinski definition) is 6. The average molecular weight is 297 g/mol. The predicted octanol–water partition coefficient (Wildman–Crippen LogP) is 2.36. The largest absolute Gasteiger partial charge is 0.868 e. The van der Waals surface area contributed by atoms with E-state index in [1.807, 2.05) is 0 Å². The number of carbonyl (C=O) groups excluding carboxylic acids is 1. The van der Waals surface area contributed by atoms with E-state index in [4.69, 9.17) is 9.68 Å². The van der Waals surface area contributed by atoms with Crippen molar-refractivity contribution in [2.24, 2.45) is 0 Å². The molecule has 2 rings (SSSR count). The van der Waals surface area contributed by atoms with E-state index < -0.39 is 22.1 Å². The second-order valence-electron chi connectivity index (χ2n) is 4.37. The number of carbonyl (C=O) groups is 1. The maximum Gasteiger partial charge on any atom is 0.262 e. The fraction of sp³-hybridized carbons (Fsp3) is 0.0667. The summed E-state index contributed by atoms with van der Waals surface area (Å²) in [5, 5.41) is 31.2. The summed E-state index contributed by atoms with van der Waals surface area (Å²) in [7, 11) is 0. The lowest BCUT2D eigenvalue weighted by Crippen LogP contribution is -2.02. The van der Waals surface area contributed by atoms with Crippen molar-refractivity contribution in [3.05, 3.63) is 63.1 Å². The molecule has 0 amide bonds. The number of nitro groups is 1. The Hall–Kier alpha value is -3.40. The second-order valence-corrected chi connectivity index (χ2v) is 4.37. The van der Waals surface area contributed by atoms with E-state index >= 15 is 0 Å². The molecule has 7 heteroatoms. The van der Waals surface area contributed by atoms with Crippen LogP contribution in [0.15, 0.2) is 40.5 Å². The molecule has 0 saturated heterocycles. The molecule has 22 heavy (non-hydrogen) atoms. The minimum atomic E-state index is -0.812. The van der Waals surface area contributed by atoms with Crippen LogP contribution in [0, 0.1) is 28.4 Å². The predicted molar refractivity (Wildman–Crippen MR) is 73.9 cm³/mol. The fourth-order valence-corrected chi connectivity index (χ4v) is 1.85. The summed E-state index contributed by atoms with van der Waals surface area (Å²) in [5.41, 5.74) is -0.365. The Morgan fingerprint density at radius 3 is 2.68 bits per heavy atom. The van der Waals surface area contributed by atoms with Crippen LogP contribution in [0.1, 0.15) is 21.7 Å². The molecule has 0 fully saturated rings. The van der Waals surface area contributed by atoms with Gasteiger partial charge < -0.3 is 9.52 Å². The zero-order chi connectivity index (χ0) is 16.3. The van der Waals surface area contributed by atoms with Gasteiger partial charge in [-0.1, -0.05) is 12.1 Å². The zero-order valence-corrected chi connectivity index (χ0v) is 11.4. The van der Waals surface area contributed by atoms with Crippen LogP contribution in [0.4, 0.5) is 5.69 Å². The highest BCUT2D eigenvalue weighted by Crippen LogP contribution is 2.25. The molecule has 0 saturated carbocycles. The number of furan rings is 1. The molecule has 2 aromatic rings. The highest BCUT2D eigenvalue weighted by Gasteiger charge is 2.17. The number of nitrogens with zero attached hydrogens (tertiary/aromatic N) is 2. The van der Waals surface area contributed by atoms with Crippen molar-refractivity contribution in [2.75, 3.05) is 0 Å². The van der Waals surface area contributed by atoms with Gasteiger partial charge in [0, 0.05) is 6.07 Å². The lowest BCUT2D eigenvalue weighted by molar-refractivity contribution is -0.398. The molecule has 0 N–H and O–H groups in total. The number of nitriles is 1. The van der Waals surface area contributed by atoms with E-state index in [1.54, 1.807) is 13.0 Å². The highest BCUT2D eigenvalue weighted by molar-refractivity contribution is 6.14. The van der Waals surface area contributed by atoms with E-state index in [1.165, 1.54) is 24.5 Å². The zero-order valence-electron chi connectivity index (χ0n) is 11.4. The first kappa shape index (κ1) is 15.0. The monoisotopic (exact) mass is 297 g/mol. The SMILES string of the molecule is Cc1occc1C(=O)/C(C#N)=C/c1ccc([O-])c([N+](=O)[O-])c1. The molecular formula is C15H9N2O5-. The van der Waals surface area contributed by atoms with Crippen LogP contribution in [-0.4, -0.2) is 10.7 Å². The molecule has 1 heterocycles. The molecule has 0 aliphatic rings. The Bertz CT molecular complexity index is 827. The molecule has 0 radical (unpaired) electrons. The van der Waals surface area contributed by atoms with Gasteiger partial charge >= 0.3 is 0 Å². The van der Waals surface area contributed by atoms with Crippen LogP contribution in [0.25, 0.3) is 6.08 Å². The topological polar surface area (TPSA) is 120 Å². The third-order valence-electron chi connectivity index (χ3n) is 2.96. The number of nitro benzene ring substituents is 1. The molecule has 0 spiro atoms. The molecule has 0 atom stereocenters. The van der Waals surface area contributed by atoms with Crippen LogP contribution in [-0.2, 0) is 0 Å². The van der Waals surface area contributed by atoms with E-state index in [0.29, 0.717) is 5.76 Å². The van der Waals surface area contributed by atoms with Gasteiger partial charge in [-0.2, -0.15) is 5.26 Å². The smallest absolute Gasteiger partial charge is 0.262 e. The molecule has 0 bridgehead atoms.